The van der Waals surface area contributed by atoms with Crippen LogP contribution in [0.4, 0.5) is 0 Å². The van der Waals surface area contributed by atoms with Gasteiger partial charge < -0.3 is 14.3 Å². The topological polar surface area (TPSA) is 94.0 Å². The molecule has 0 amide bonds. The smallest absolute Gasteiger partial charge is 0.338 e. The number of aromatic hydroxyl groups is 1. The monoisotopic (exact) mass is 424 g/mol. The Balaban J connectivity index is 1.96. The highest BCUT2D eigenvalue weighted by atomic mass is 32.1. The average Bonchev–Trinajstić information content (AvgIpc) is 3.24. The van der Waals surface area contributed by atoms with Gasteiger partial charge in [-0.15, -0.1) is 0 Å². The molecule has 30 heavy (non-hydrogen) atoms. The molecule has 0 fully saturated rings. The van der Waals surface area contributed by atoms with Crippen molar-refractivity contribution in [3.05, 3.63) is 84.4 Å². The van der Waals surface area contributed by atoms with Crippen molar-refractivity contribution in [2.24, 2.45) is 4.99 Å². The number of fused-ring (bicyclic) bond motifs is 1. The van der Waals surface area contributed by atoms with E-state index in [0.717, 1.165) is 5.76 Å². The Hall–Kier alpha value is -3.39. The number of furan rings is 1. The van der Waals surface area contributed by atoms with Crippen LogP contribution in [0.25, 0.3) is 6.08 Å². The number of carbonyl (C=O) groups excluding carboxylic acids is 1. The van der Waals surface area contributed by atoms with E-state index in [4.69, 9.17) is 9.15 Å². The van der Waals surface area contributed by atoms with Crippen LogP contribution in [0.5, 0.6) is 5.75 Å². The number of carbonyl (C=O) groups is 1. The molecule has 0 radical (unpaired) electrons. The van der Waals surface area contributed by atoms with E-state index in [-0.39, 0.29) is 17.9 Å². The van der Waals surface area contributed by atoms with Crippen LogP contribution < -0.4 is 14.9 Å². The van der Waals surface area contributed by atoms with Gasteiger partial charge in [-0.05, 0) is 50.6 Å². The molecule has 1 aromatic carbocycles. The van der Waals surface area contributed by atoms with Crippen molar-refractivity contribution >= 4 is 23.4 Å². The van der Waals surface area contributed by atoms with E-state index in [2.05, 4.69) is 4.99 Å². The number of phenolic OH excluding ortho intramolecular Hbond substituents is 1. The highest BCUT2D eigenvalue weighted by Gasteiger charge is 2.33. The molecular weight excluding hydrogens is 404 g/mol. The first-order chi connectivity index (χ1) is 14.4. The maximum absolute atomic E-state index is 13.3. The minimum absolute atomic E-state index is 0.0951. The molecule has 0 saturated heterocycles. The second-order valence-electron chi connectivity index (χ2n) is 6.84. The quantitative estimate of drug-likeness (QED) is 0.649. The van der Waals surface area contributed by atoms with Crippen LogP contribution in [-0.2, 0) is 9.53 Å². The molecule has 3 heterocycles. The second kappa shape index (κ2) is 7.79. The van der Waals surface area contributed by atoms with Crippen molar-refractivity contribution in [2.75, 3.05) is 6.61 Å². The molecule has 154 valence electrons. The lowest BCUT2D eigenvalue weighted by atomic mass is 9.96. The molecule has 0 aliphatic carbocycles. The largest absolute Gasteiger partial charge is 0.508 e. The van der Waals surface area contributed by atoms with Gasteiger partial charge in [0.15, 0.2) is 4.80 Å². The third kappa shape index (κ3) is 3.50. The number of allylic oxidation sites excluding steroid dienone is 1. The molecule has 4 rings (SSSR count). The molecule has 0 saturated carbocycles. The molecule has 1 N–H and O–H groups in total. The summed E-state index contributed by atoms with van der Waals surface area (Å²) in [6.45, 7) is 5.50. The van der Waals surface area contributed by atoms with E-state index in [1.165, 1.54) is 28.0 Å². The molecule has 1 aliphatic heterocycles. The fraction of sp³-hybridized carbons (Fsp3) is 0.227. The third-order valence-corrected chi connectivity index (χ3v) is 5.74. The van der Waals surface area contributed by atoms with Crippen LogP contribution >= 0.6 is 11.3 Å². The van der Waals surface area contributed by atoms with E-state index >= 15 is 0 Å². The zero-order valence-corrected chi connectivity index (χ0v) is 17.5. The number of esters is 1. The Morgan fingerprint density at radius 2 is 2.00 bits per heavy atom. The Bertz CT molecular complexity index is 1330. The van der Waals surface area contributed by atoms with Crippen LogP contribution in [0.15, 0.2) is 61.9 Å². The number of phenols is 1. The van der Waals surface area contributed by atoms with E-state index in [1.807, 2.05) is 13.0 Å². The lowest BCUT2D eigenvalue weighted by Gasteiger charge is -2.24. The number of hydrogen-bond donors (Lipinski definition) is 1. The van der Waals surface area contributed by atoms with E-state index in [0.29, 0.717) is 31.9 Å². The molecular formula is C22H20N2O5S. The molecule has 0 unspecified atom stereocenters. The number of hydrogen-bond acceptors (Lipinski definition) is 7. The summed E-state index contributed by atoms with van der Waals surface area (Å²) in [6.07, 6.45) is 1.67. The number of benzene rings is 1. The lowest BCUT2D eigenvalue weighted by molar-refractivity contribution is -0.139. The molecule has 1 atom stereocenters. The van der Waals surface area contributed by atoms with Crippen LogP contribution in [0.1, 0.15) is 37.0 Å². The molecule has 7 nitrogen and oxygen atoms in total. The van der Waals surface area contributed by atoms with Crippen molar-refractivity contribution in [3.8, 4) is 5.75 Å². The maximum Gasteiger partial charge on any atom is 0.338 e. The van der Waals surface area contributed by atoms with Gasteiger partial charge in [-0.3, -0.25) is 9.36 Å². The lowest BCUT2D eigenvalue weighted by Crippen LogP contribution is -2.39. The number of thiazole rings is 1. The zero-order chi connectivity index (χ0) is 21.4. The van der Waals surface area contributed by atoms with Crippen molar-refractivity contribution in [1.29, 1.82) is 0 Å². The van der Waals surface area contributed by atoms with Crippen molar-refractivity contribution in [2.45, 2.75) is 26.8 Å². The molecule has 0 bridgehead atoms. The molecule has 2 aromatic heterocycles. The highest BCUT2D eigenvalue weighted by Crippen LogP contribution is 2.31. The Morgan fingerprint density at radius 1 is 1.27 bits per heavy atom. The normalized spacial score (nSPS) is 16.4. The van der Waals surface area contributed by atoms with Gasteiger partial charge in [0.25, 0.3) is 5.56 Å². The zero-order valence-electron chi connectivity index (χ0n) is 16.7. The number of nitrogens with zero attached hydrogens (tertiary/aromatic N) is 2. The number of aryl methyl sites for hydroxylation is 1. The van der Waals surface area contributed by atoms with Crippen molar-refractivity contribution in [3.63, 3.8) is 0 Å². The summed E-state index contributed by atoms with van der Waals surface area (Å²) in [7, 11) is 0. The standard InChI is InChI=1S/C22H20N2O5S/c1-4-28-21(27)18-13(3)23-22-24(19(18)14-6-8-15(25)9-7-14)20(26)17(30-22)11-16-10-5-12(2)29-16/h5-11,19,25H,4H2,1-3H3/b17-11-/t19-/m0/s1. The highest BCUT2D eigenvalue weighted by molar-refractivity contribution is 7.07. The van der Waals surface area contributed by atoms with Gasteiger partial charge in [0, 0.05) is 6.08 Å². The number of aromatic nitrogens is 1. The fourth-order valence-electron chi connectivity index (χ4n) is 3.42. The molecule has 3 aromatic rings. The first kappa shape index (κ1) is 19.9. The minimum Gasteiger partial charge on any atom is -0.508 e. The number of ether oxygens (including phenoxy) is 1. The number of rotatable bonds is 4. The second-order valence-corrected chi connectivity index (χ2v) is 7.85. The Labute approximate surface area is 175 Å². The van der Waals surface area contributed by atoms with Gasteiger partial charge in [0.05, 0.1) is 28.5 Å². The summed E-state index contributed by atoms with van der Waals surface area (Å²) in [5.41, 5.74) is 1.19. The van der Waals surface area contributed by atoms with E-state index in [9.17, 15) is 14.7 Å². The van der Waals surface area contributed by atoms with E-state index in [1.54, 1.807) is 38.1 Å². The van der Waals surface area contributed by atoms with Gasteiger partial charge in [-0.1, -0.05) is 23.5 Å². The maximum atomic E-state index is 13.3. The third-order valence-electron chi connectivity index (χ3n) is 4.76. The van der Waals surface area contributed by atoms with Crippen molar-refractivity contribution in [1.82, 2.24) is 4.57 Å². The summed E-state index contributed by atoms with van der Waals surface area (Å²) in [4.78, 5) is 31.1. The first-order valence-electron chi connectivity index (χ1n) is 9.44. The van der Waals surface area contributed by atoms with Crippen LogP contribution in [-0.4, -0.2) is 22.2 Å². The predicted molar refractivity (Wildman–Crippen MR) is 112 cm³/mol. The van der Waals surface area contributed by atoms with Crippen LogP contribution in [0, 0.1) is 6.92 Å². The molecule has 0 spiro atoms. The summed E-state index contributed by atoms with van der Waals surface area (Å²) in [5.74, 6) is 0.891. The summed E-state index contributed by atoms with van der Waals surface area (Å²) in [6, 6.07) is 9.33. The average molecular weight is 424 g/mol. The van der Waals surface area contributed by atoms with Gasteiger partial charge >= 0.3 is 5.97 Å². The van der Waals surface area contributed by atoms with Gasteiger partial charge in [0.2, 0.25) is 0 Å². The van der Waals surface area contributed by atoms with Crippen LogP contribution in [0.2, 0.25) is 0 Å². The van der Waals surface area contributed by atoms with Gasteiger partial charge in [-0.2, -0.15) is 0 Å². The fourth-order valence-corrected chi connectivity index (χ4v) is 4.45. The summed E-state index contributed by atoms with van der Waals surface area (Å²) in [5, 5.41) is 9.68. The Kier molecular flexibility index (Phi) is 5.17. The molecule has 8 heteroatoms. The minimum atomic E-state index is -0.707. The Morgan fingerprint density at radius 3 is 2.63 bits per heavy atom. The SMILES string of the molecule is CCOC(=O)C1=C(C)N=c2s/c(=C\c3ccc(C)o3)c(=O)n2[C@H]1c1ccc(O)cc1. The predicted octanol–water partition coefficient (Wildman–Crippen LogP) is 2.41. The van der Waals surface area contributed by atoms with Gasteiger partial charge in [-0.25, -0.2) is 9.79 Å². The summed E-state index contributed by atoms with van der Waals surface area (Å²) >= 11 is 1.23. The van der Waals surface area contributed by atoms with Crippen LogP contribution in [0.3, 0.4) is 0 Å². The van der Waals surface area contributed by atoms with Gasteiger partial charge in [0.1, 0.15) is 17.3 Å². The first-order valence-corrected chi connectivity index (χ1v) is 10.3. The summed E-state index contributed by atoms with van der Waals surface area (Å²) < 4.78 is 12.8. The van der Waals surface area contributed by atoms with Crippen molar-refractivity contribution < 1.29 is 19.1 Å². The molecule has 1 aliphatic rings. The van der Waals surface area contributed by atoms with E-state index < -0.39 is 12.0 Å².